The van der Waals surface area contributed by atoms with E-state index >= 15 is 0 Å². The first kappa shape index (κ1) is 9.88. The third kappa shape index (κ3) is 7.88. The van der Waals surface area contributed by atoms with E-state index in [9.17, 15) is 0 Å². The Bertz CT molecular complexity index is 99.8. The Morgan fingerprint density at radius 1 is 1.60 bits per heavy atom. The van der Waals surface area contributed by atoms with Crippen LogP contribution in [0, 0.1) is 0 Å². The van der Waals surface area contributed by atoms with Gasteiger partial charge in [-0.25, -0.2) is 5.48 Å². The van der Waals surface area contributed by atoms with Gasteiger partial charge in [0.1, 0.15) is 0 Å². The van der Waals surface area contributed by atoms with Crippen LogP contribution in [0.25, 0.3) is 0 Å². The highest BCUT2D eigenvalue weighted by atomic mass is 28.2. The summed E-state index contributed by atoms with van der Waals surface area (Å²) in [4.78, 5) is 0. The van der Waals surface area contributed by atoms with Crippen molar-refractivity contribution in [2.45, 2.75) is 27.2 Å². The molecule has 0 fully saturated rings. The third-order valence-electron chi connectivity index (χ3n) is 1.03. The van der Waals surface area contributed by atoms with Crippen molar-refractivity contribution in [2.24, 2.45) is 0 Å². The van der Waals surface area contributed by atoms with Crippen molar-refractivity contribution in [2.75, 3.05) is 6.54 Å². The van der Waals surface area contributed by atoms with Crippen LogP contribution in [0.1, 0.15) is 27.2 Å². The van der Waals surface area contributed by atoms with Gasteiger partial charge in [-0.1, -0.05) is 18.2 Å². The molecule has 10 heavy (non-hydrogen) atoms. The summed E-state index contributed by atoms with van der Waals surface area (Å²) >= 11 is 0. The van der Waals surface area contributed by atoms with E-state index in [0.717, 1.165) is 13.0 Å². The highest BCUT2D eigenvalue weighted by molar-refractivity contribution is 6.34. The summed E-state index contributed by atoms with van der Waals surface area (Å²) in [6, 6.07) is 0. The van der Waals surface area contributed by atoms with Gasteiger partial charge in [-0.05, 0) is 20.3 Å². The fourth-order valence-corrected chi connectivity index (χ4v) is 1.12. The number of hydrogen-bond acceptors (Lipinski definition) is 2. The Labute approximate surface area is 65.6 Å². The molecule has 0 spiro atoms. The zero-order valence-electron chi connectivity index (χ0n) is 7.11. The van der Waals surface area contributed by atoms with Crippen molar-refractivity contribution in [3.8, 4) is 0 Å². The number of rotatable bonds is 5. The molecule has 0 bridgehead atoms. The molecule has 1 N–H and O–H groups in total. The van der Waals surface area contributed by atoms with Gasteiger partial charge in [-0.3, -0.25) is 0 Å². The molecule has 0 aliphatic heterocycles. The molecule has 0 aromatic rings. The molecule has 3 heteroatoms. The lowest BCUT2D eigenvalue weighted by Crippen LogP contribution is -2.17. The van der Waals surface area contributed by atoms with Gasteiger partial charge in [0.25, 0.3) is 0 Å². The van der Waals surface area contributed by atoms with Crippen molar-refractivity contribution >= 4 is 9.76 Å². The molecule has 0 aromatic carbocycles. The molecular weight excluding hydrogens is 142 g/mol. The average Bonchev–Trinajstić information content (AvgIpc) is 1.87. The van der Waals surface area contributed by atoms with Crippen LogP contribution in [-0.4, -0.2) is 16.3 Å². The van der Waals surface area contributed by atoms with E-state index in [4.69, 9.17) is 4.53 Å². The Kier molecular flexibility index (Phi) is 6.90. The van der Waals surface area contributed by atoms with E-state index in [0.29, 0.717) is 0 Å². The summed E-state index contributed by atoms with van der Waals surface area (Å²) in [6.07, 6.45) is 1.13. The van der Waals surface area contributed by atoms with Crippen molar-refractivity contribution in [3.05, 3.63) is 11.3 Å². The topological polar surface area (TPSA) is 21.3 Å². The second-order valence-corrected chi connectivity index (χ2v) is 3.52. The molecule has 0 saturated carbocycles. The van der Waals surface area contributed by atoms with Gasteiger partial charge >= 0.3 is 0 Å². The van der Waals surface area contributed by atoms with Crippen LogP contribution >= 0.6 is 0 Å². The summed E-state index contributed by atoms with van der Waals surface area (Å²) in [5, 5.41) is 0. The smallest absolute Gasteiger partial charge is 0.213 e. The molecule has 0 amide bonds. The first-order valence-electron chi connectivity index (χ1n) is 3.75. The fraction of sp³-hybridized carbons (Fsp3) is 0.714. The normalized spacial score (nSPS) is 10.7. The first-order chi connectivity index (χ1) is 4.77. The third-order valence-corrected chi connectivity index (χ3v) is 2.38. The summed E-state index contributed by atoms with van der Waals surface area (Å²) in [5.74, 6) is 0. The Morgan fingerprint density at radius 2 is 2.30 bits per heavy atom. The summed E-state index contributed by atoms with van der Waals surface area (Å²) in [6.45, 7) is 7.27. The van der Waals surface area contributed by atoms with E-state index in [-0.39, 0.29) is 0 Å². The molecule has 0 atom stereocenters. The minimum Gasteiger partial charge on any atom is -0.348 e. The molecule has 0 heterocycles. The molecule has 2 nitrogen and oxygen atoms in total. The van der Waals surface area contributed by atoms with Crippen molar-refractivity contribution < 1.29 is 4.53 Å². The quantitative estimate of drug-likeness (QED) is 0.366. The highest BCUT2D eigenvalue weighted by Crippen LogP contribution is 1.84. The monoisotopic (exact) mass is 159 g/mol. The van der Waals surface area contributed by atoms with E-state index in [1.54, 1.807) is 0 Å². The van der Waals surface area contributed by atoms with Gasteiger partial charge < -0.3 is 4.53 Å². The fourth-order valence-electron chi connectivity index (χ4n) is 0.441. The summed E-state index contributed by atoms with van der Waals surface area (Å²) in [7, 11) is -0.430. The molecule has 0 saturated heterocycles. The van der Waals surface area contributed by atoms with E-state index < -0.39 is 9.76 Å². The van der Waals surface area contributed by atoms with Gasteiger partial charge in [0.05, 0.1) is 0 Å². The maximum atomic E-state index is 5.20. The zero-order chi connectivity index (χ0) is 7.82. The van der Waals surface area contributed by atoms with Gasteiger partial charge in [0, 0.05) is 6.54 Å². The molecule has 0 radical (unpaired) electrons. The predicted octanol–water partition coefficient (Wildman–Crippen LogP) is 0.925. The molecule has 0 unspecified atom stereocenters. The van der Waals surface area contributed by atoms with Gasteiger partial charge in [-0.15, -0.1) is 0 Å². The number of hydrogen-bond donors (Lipinski definition) is 1. The first-order valence-corrected chi connectivity index (χ1v) is 5.14. The van der Waals surface area contributed by atoms with E-state index in [1.807, 2.05) is 0 Å². The molecule has 0 aromatic heterocycles. The second kappa shape index (κ2) is 6.99. The predicted molar refractivity (Wildman–Crippen MR) is 47.4 cm³/mol. The zero-order valence-corrected chi connectivity index (χ0v) is 8.52. The number of nitrogens with one attached hydrogen (secondary N) is 1. The highest BCUT2D eigenvalue weighted by Gasteiger charge is 1.82. The maximum absolute atomic E-state index is 5.20. The average molecular weight is 159 g/mol. The number of hydroxylamine groups is 1. The Morgan fingerprint density at radius 3 is 2.80 bits per heavy atom. The molecule has 60 valence electrons. The molecular formula is C7H17NOSi. The van der Waals surface area contributed by atoms with E-state index in [1.165, 1.54) is 5.57 Å². The Balaban J connectivity index is 2.98. The van der Waals surface area contributed by atoms with Gasteiger partial charge in [0.2, 0.25) is 9.76 Å². The molecule has 0 rings (SSSR count). The van der Waals surface area contributed by atoms with Crippen LogP contribution in [0.5, 0.6) is 0 Å². The van der Waals surface area contributed by atoms with Crippen LogP contribution in [-0.2, 0) is 4.53 Å². The second-order valence-electron chi connectivity index (χ2n) is 2.49. The molecule has 0 aliphatic rings. The SMILES string of the molecule is CCCNO[SiH2]C=C(C)C. The standard InChI is InChI=1S/C7H17NOSi/c1-4-5-8-9-10-6-7(2)3/h6,8H,4-5,10H2,1-3H3. The Hall–Kier alpha value is -0.123. The van der Waals surface area contributed by atoms with Crippen molar-refractivity contribution in [1.82, 2.24) is 5.48 Å². The van der Waals surface area contributed by atoms with Crippen molar-refractivity contribution in [1.29, 1.82) is 0 Å². The minimum atomic E-state index is -0.430. The van der Waals surface area contributed by atoms with Crippen molar-refractivity contribution in [3.63, 3.8) is 0 Å². The van der Waals surface area contributed by atoms with Crippen LogP contribution < -0.4 is 5.48 Å². The lowest BCUT2D eigenvalue weighted by Gasteiger charge is -2.00. The van der Waals surface area contributed by atoms with Crippen LogP contribution in [0.4, 0.5) is 0 Å². The van der Waals surface area contributed by atoms with Crippen LogP contribution in [0.15, 0.2) is 11.3 Å². The largest absolute Gasteiger partial charge is 0.348 e. The molecule has 0 aliphatic carbocycles. The van der Waals surface area contributed by atoms with Crippen LogP contribution in [0.2, 0.25) is 0 Å². The maximum Gasteiger partial charge on any atom is 0.213 e. The summed E-state index contributed by atoms with van der Waals surface area (Å²) < 4.78 is 5.20. The van der Waals surface area contributed by atoms with Gasteiger partial charge in [-0.2, -0.15) is 0 Å². The minimum absolute atomic E-state index is 0.430. The number of allylic oxidation sites excluding steroid dienone is 1. The van der Waals surface area contributed by atoms with Crippen LogP contribution in [0.3, 0.4) is 0 Å². The van der Waals surface area contributed by atoms with E-state index in [2.05, 4.69) is 32.0 Å². The lowest BCUT2D eigenvalue weighted by atomic mass is 10.4. The lowest BCUT2D eigenvalue weighted by molar-refractivity contribution is 0.211. The summed E-state index contributed by atoms with van der Waals surface area (Å²) in [5.41, 5.74) is 6.44. The van der Waals surface area contributed by atoms with Gasteiger partial charge in [0.15, 0.2) is 0 Å².